The summed E-state index contributed by atoms with van der Waals surface area (Å²) in [5.74, 6) is -5.02. The second kappa shape index (κ2) is 11.0. The highest BCUT2D eigenvalue weighted by Crippen LogP contribution is 2.47. The number of alkyl halides is 2. The van der Waals surface area contributed by atoms with E-state index < -0.39 is 72.0 Å². The largest absolute Gasteiger partial charge is 0.484 e. The maximum absolute atomic E-state index is 13.8. The lowest BCUT2D eigenvalue weighted by atomic mass is 9.60. The van der Waals surface area contributed by atoms with E-state index in [2.05, 4.69) is 15.4 Å². The molecule has 5 rings (SSSR count). The lowest BCUT2D eigenvalue weighted by molar-refractivity contribution is -0.137. The van der Waals surface area contributed by atoms with Gasteiger partial charge in [0.25, 0.3) is 11.8 Å². The van der Waals surface area contributed by atoms with Crippen LogP contribution in [0.2, 0.25) is 0 Å². The number of aliphatic hydroxyl groups excluding tert-OH is 1. The number of fused-ring (bicyclic) bond motifs is 3. The minimum Gasteiger partial charge on any atom is -0.484 e. The van der Waals surface area contributed by atoms with Gasteiger partial charge in [0.05, 0.1) is 11.6 Å². The Morgan fingerprint density at radius 1 is 0.868 bits per heavy atom. The SMILES string of the molecule is O=C(COc1ccc(F)c(F)c1)NC12CCC(NC(=O)COc3ccc(OC(F)F)c(F)c3)(CC1)[C@@H](O)C2. The summed E-state index contributed by atoms with van der Waals surface area (Å²) in [7, 11) is 0. The van der Waals surface area contributed by atoms with E-state index >= 15 is 0 Å². The first kappa shape index (κ1) is 27.4. The third-order valence-corrected chi connectivity index (χ3v) is 6.86. The van der Waals surface area contributed by atoms with Crippen LogP contribution in [-0.4, -0.2) is 53.9 Å². The Labute approximate surface area is 214 Å². The number of hydrogen-bond donors (Lipinski definition) is 3. The predicted molar refractivity (Wildman–Crippen MR) is 121 cm³/mol. The molecule has 2 bridgehead atoms. The number of halogens is 5. The number of hydrogen-bond acceptors (Lipinski definition) is 6. The highest BCUT2D eigenvalue weighted by atomic mass is 19.3. The van der Waals surface area contributed by atoms with Crippen molar-refractivity contribution in [2.24, 2.45) is 0 Å². The molecule has 0 heterocycles. The summed E-state index contributed by atoms with van der Waals surface area (Å²) >= 11 is 0. The van der Waals surface area contributed by atoms with Crippen LogP contribution in [0.25, 0.3) is 0 Å². The van der Waals surface area contributed by atoms with E-state index in [0.29, 0.717) is 25.7 Å². The molecule has 1 atom stereocenters. The van der Waals surface area contributed by atoms with Gasteiger partial charge in [-0.2, -0.15) is 8.78 Å². The number of amides is 2. The number of nitrogens with one attached hydrogen (secondary N) is 2. The lowest BCUT2D eigenvalue weighted by Crippen LogP contribution is -2.70. The number of carbonyl (C=O) groups excluding carboxylic acids is 2. The van der Waals surface area contributed by atoms with Crippen LogP contribution in [0.1, 0.15) is 32.1 Å². The highest BCUT2D eigenvalue weighted by Gasteiger charge is 2.55. The zero-order chi connectivity index (χ0) is 27.5. The van der Waals surface area contributed by atoms with Gasteiger partial charge in [-0.05, 0) is 56.4 Å². The number of aliphatic hydroxyl groups is 1. The Bertz CT molecular complexity index is 1190. The molecule has 38 heavy (non-hydrogen) atoms. The second-order valence-electron chi connectivity index (χ2n) is 9.38. The average molecular weight is 544 g/mol. The first-order valence-corrected chi connectivity index (χ1v) is 11.7. The molecule has 2 aromatic carbocycles. The van der Waals surface area contributed by atoms with Crippen LogP contribution in [0.5, 0.6) is 17.2 Å². The third kappa shape index (κ3) is 6.26. The molecule has 8 nitrogen and oxygen atoms in total. The van der Waals surface area contributed by atoms with E-state index in [1.54, 1.807) is 0 Å². The van der Waals surface area contributed by atoms with Gasteiger partial charge in [-0.15, -0.1) is 0 Å². The monoisotopic (exact) mass is 544 g/mol. The lowest BCUT2D eigenvalue weighted by Gasteiger charge is -2.56. The van der Waals surface area contributed by atoms with Crippen LogP contribution >= 0.6 is 0 Å². The molecular formula is C25H25F5N2O6. The average Bonchev–Trinajstić information content (AvgIpc) is 2.86. The number of ether oxygens (including phenoxy) is 3. The summed E-state index contributed by atoms with van der Waals surface area (Å²) in [6.45, 7) is -4.13. The molecule has 2 aromatic rings. The molecule has 3 fully saturated rings. The molecular weight excluding hydrogens is 519 g/mol. The standard InChI is InChI=1S/C25H25F5N2O6/c26-16-3-1-14(9-17(16)27)36-12-21(34)31-24-5-7-25(8-6-24,20(33)11-24)32-22(35)13-37-15-2-4-19(18(28)10-15)38-23(29)30/h1-4,9-10,20,23,33H,5-8,11-13H2,(H,31,34)(H,32,35)/t20-,24?,25?/m0/s1. The molecule has 0 radical (unpaired) electrons. The third-order valence-electron chi connectivity index (χ3n) is 6.86. The molecule has 0 aromatic heterocycles. The highest BCUT2D eigenvalue weighted by molar-refractivity contribution is 5.79. The Balaban J connectivity index is 1.26. The quantitative estimate of drug-likeness (QED) is 0.397. The van der Waals surface area contributed by atoms with E-state index in [4.69, 9.17) is 9.47 Å². The van der Waals surface area contributed by atoms with Crippen molar-refractivity contribution >= 4 is 11.8 Å². The summed E-state index contributed by atoms with van der Waals surface area (Å²) in [4.78, 5) is 25.0. The molecule has 13 heteroatoms. The molecule has 0 spiro atoms. The van der Waals surface area contributed by atoms with Crippen LogP contribution in [0.15, 0.2) is 36.4 Å². The smallest absolute Gasteiger partial charge is 0.387 e. The number of benzene rings is 2. The Hall–Kier alpha value is -3.61. The molecule has 0 aliphatic heterocycles. The zero-order valence-corrected chi connectivity index (χ0v) is 19.9. The van der Waals surface area contributed by atoms with Crippen molar-refractivity contribution < 1.29 is 50.9 Å². The Morgan fingerprint density at radius 3 is 2.00 bits per heavy atom. The van der Waals surface area contributed by atoms with E-state index in [0.717, 1.165) is 24.3 Å². The first-order valence-electron chi connectivity index (χ1n) is 11.7. The van der Waals surface area contributed by atoms with Gasteiger partial charge < -0.3 is 30.0 Å². The van der Waals surface area contributed by atoms with Gasteiger partial charge in [0, 0.05) is 17.7 Å². The van der Waals surface area contributed by atoms with Gasteiger partial charge in [-0.3, -0.25) is 9.59 Å². The van der Waals surface area contributed by atoms with Crippen molar-refractivity contribution in [3.8, 4) is 17.2 Å². The molecule has 3 aliphatic rings. The van der Waals surface area contributed by atoms with Crippen LogP contribution < -0.4 is 24.8 Å². The van der Waals surface area contributed by atoms with Crippen molar-refractivity contribution in [3.63, 3.8) is 0 Å². The maximum Gasteiger partial charge on any atom is 0.387 e. The normalized spacial score (nSPS) is 24.1. The van der Waals surface area contributed by atoms with Crippen molar-refractivity contribution in [3.05, 3.63) is 53.8 Å². The van der Waals surface area contributed by atoms with Crippen molar-refractivity contribution in [2.75, 3.05) is 13.2 Å². The van der Waals surface area contributed by atoms with Gasteiger partial charge in [0.2, 0.25) is 0 Å². The summed E-state index contributed by atoms with van der Waals surface area (Å²) in [6.07, 6.45) is 0.820. The molecule has 3 saturated carbocycles. The van der Waals surface area contributed by atoms with Gasteiger partial charge in [0.1, 0.15) is 11.5 Å². The fraction of sp³-hybridized carbons (Fsp3) is 0.440. The van der Waals surface area contributed by atoms with Gasteiger partial charge in [-0.1, -0.05) is 0 Å². The number of rotatable bonds is 10. The van der Waals surface area contributed by atoms with Crippen LogP contribution in [0.3, 0.4) is 0 Å². The summed E-state index contributed by atoms with van der Waals surface area (Å²) in [5, 5.41) is 16.5. The van der Waals surface area contributed by atoms with E-state index in [-0.39, 0.29) is 17.9 Å². The summed E-state index contributed by atoms with van der Waals surface area (Å²) in [6, 6.07) is 5.86. The molecule has 206 valence electrons. The Morgan fingerprint density at radius 2 is 1.45 bits per heavy atom. The summed E-state index contributed by atoms with van der Waals surface area (Å²) in [5.41, 5.74) is -1.65. The van der Waals surface area contributed by atoms with Crippen molar-refractivity contribution in [1.82, 2.24) is 10.6 Å². The van der Waals surface area contributed by atoms with Gasteiger partial charge in [0.15, 0.2) is 36.4 Å². The van der Waals surface area contributed by atoms with Crippen LogP contribution in [0, 0.1) is 17.5 Å². The Kier molecular flexibility index (Phi) is 7.95. The van der Waals surface area contributed by atoms with Crippen LogP contribution in [0.4, 0.5) is 22.0 Å². The summed E-state index contributed by atoms with van der Waals surface area (Å²) < 4.78 is 79.2. The fourth-order valence-corrected chi connectivity index (χ4v) is 4.93. The minimum absolute atomic E-state index is 0.00649. The van der Waals surface area contributed by atoms with Gasteiger partial charge >= 0.3 is 6.61 Å². The minimum atomic E-state index is -3.19. The van der Waals surface area contributed by atoms with Gasteiger partial charge in [-0.25, -0.2) is 13.2 Å². The van der Waals surface area contributed by atoms with Crippen molar-refractivity contribution in [1.29, 1.82) is 0 Å². The topological polar surface area (TPSA) is 106 Å². The van der Waals surface area contributed by atoms with E-state index in [1.807, 2.05) is 0 Å². The first-order chi connectivity index (χ1) is 18.0. The number of carbonyl (C=O) groups is 2. The van der Waals surface area contributed by atoms with Crippen LogP contribution in [-0.2, 0) is 9.59 Å². The second-order valence-corrected chi connectivity index (χ2v) is 9.38. The molecule has 2 amide bonds. The predicted octanol–water partition coefficient (Wildman–Crippen LogP) is 3.21. The zero-order valence-electron chi connectivity index (χ0n) is 19.9. The molecule has 3 N–H and O–H groups in total. The molecule has 3 aliphatic carbocycles. The maximum atomic E-state index is 13.8. The fourth-order valence-electron chi connectivity index (χ4n) is 4.93. The molecule has 0 unspecified atom stereocenters. The van der Waals surface area contributed by atoms with Crippen molar-refractivity contribution in [2.45, 2.75) is 55.9 Å². The molecule has 0 saturated heterocycles. The van der Waals surface area contributed by atoms with E-state index in [9.17, 15) is 36.6 Å². The van der Waals surface area contributed by atoms with E-state index in [1.165, 1.54) is 12.1 Å².